The molecule has 6 nitrogen and oxygen atoms in total. The van der Waals surface area contributed by atoms with E-state index in [0.717, 1.165) is 40.9 Å². The largest absolute Gasteiger partial charge is 0.477 e. The molecule has 0 fully saturated rings. The zero-order valence-electron chi connectivity index (χ0n) is 16.8. The fourth-order valence-corrected chi connectivity index (χ4v) is 3.86. The molecule has 0 saturated heterocycles. The maximum absolute atomic E-state index is 12.5. The van der Waals surface area contributed by atoms with Gasteiger partial charge in [-0.1, -0.05) is 30.3 Å². The van der Waals surface area contributed by atoms with Crippen molar-refractivity contribution in [3.8, 4) is 5.75 Å². The summed E-state index contributed by atoms with van der Waals surface area (Å²) in [5.41, 5.74) is 4.15. The van der Waals surface area contributed by atoms with E-state index in [0.29, 0.717) is 17.9 Å². The summed E-state index contributed by atoms with van der Waals surface area (Å²) in [7, 11) is 1.31. The number of esters is 1. The van der Waals surface area contributed by atoms with Crippen molar-refractivity contribution < 1.29 is 18.7 Å². The molecule has 2 aromatic carbocycles. The molecule has 0 aliphatic carbocycles. The third kappa shape index (κ3) is 3.63. The first kappa shape index (κ1) is 19.2. The Morgan fingerprint density at radius 1 is 1.17 bits per heavy atom. The Morgan fingerprint density at radius 2 is 1.93 bits per heavy atom. The molecule has 1 aliphatic heterocycles. The van der Waals surface area contributed by atoms with Crippen molar-refractivity contribution in [2.24, 2.45) is 0 Å². The highest BCUT2D eigenvalue weighted by molar-refractivity contribution is 5.88. The molecule has 4 rings (SSSR count). The van der Waals surface area contributed by atoms with E-state index in [4.69, 9.17) is 13.9 Å². The molecule has 3 aromatic rings. The van der Waals surface area contributed by atoms with Crippen LogP contribution in [0.25, 0.3) is 11.0 Å². The van der Waals surface area contributed by atoms with Crippen molar-refractivity contribution in [1.82, 2.24) is 4.90 Å². The first-order valence-corrected chi connectivity index (χ1v) is 9.52. The van der Waals surface area contributed by atoms with Crippen LogP contribution in [-0.2, 0) is 29.0 Å². The molecule has 0 spiro atoms. The lowest BCUT2D eigenvalue weighted by Crippen LogP contribution is -2.32. The van der Waals surface area contributed by atoms with Gasteiger partial charge in [-0.15, -0.1) is 0 Å². The van der Waals surface area contributed by atoms with Crippen LogP contribution < -0.4 is 10.4 Å². The van der Waals surface area contributed by atoms with Crippen LogP contribution in [0.2, 0.25) is 0 Å². The van der Waals surface area contributed by atoms with E-state index < -0.39 is 11.6 Å². The summed E-state index contributed by atoms with van der Waals surface area (Å²) in [4.78, 5) is 26.4. The molecule has 0 amide bonds. The van der Waals surface area contributed by atoms with Crippen molar-refractivity contribution >= 4 is 16.9 Å². The SMILES string of the molecule is COC(=O)Cc1c(C)c2cc3c(c(C)c2oc1=O)OCN(Cc1ccccc1)C3. The van der Waals surface area contributed by atoms with Crippen molar-refractivity contribution in [2.45, 2.75) is 33.4 Å². The van der Waals surface area contributed by atoms with Gasteiger partial charge in [0.25, 0.3) is 0 Å². The molecule has 1 aliphatic rings. The molecule has 6 heteroatoms. The van der Waals surface area contributed by atoms with Crippen LogP contribution in [0.4, 0.5) is 0 Å². The average molecular weight is 393 g/mol. The molecule has 1 aromatic heterocycles. The van der Waals surface area contributed by atoms with E-state index in [1.165, 1.54) is 12.7 Å². The second-order valence-electron chi connectivity index (χ2n) is 7.36. The maximum atomic E-state index is 12.5. The first-order chi connectivity index (χ1) is 14.0. The van der Waals surface area contributed by atoms with Gasteiger partial charge in [0, 0.05) is 29.6 Å². The molecule has 0 atom stereocenters. The second-order valence-corrected chi connectivity index (χ2v) is 7.36. The first-order valence-electron chi connectivity index (χ1n) is 9.52. The number of carbonyl (C=O) groups is 1. The van der Waals surface area contributed by atoms with E-state index in [2.05, 4.69) is 17.0 Å². The Hall–Kier alpha value is -3.12. The minimum atomic E-state index is -0.509. The minimum absolute atomic E-state index is 0.104. The fourth-order valence-electron chi connectivity index (χ4n) is 3.86. The summed E-state index contributed by atoms with van der Waals surface area (Å²) in [5, 5.41) is 0.824. The summed E-state index contributed by atoms with van der Waals surface area (Å²) < 4.78 is 16.3. The van der Waals surface area contributed by atoms with Gasteiger partial charge in [-0.05, 0) is 31.0 Å². The van der Waals surface area contributed by atoms with Crippen LogP contribution in [0.3, 0.4) is 0 Å². The number of hydrogen-bond acceptors (Lipinski definition) is 6. The summed E-state index contributed by atoms with van der Waals surface area (Å²) in [6.07, 6.45) is -0.104. The molecule has 0 unspecified atom stereocenters. The van der Waals surface area contributed by atoms with Crippen LogP contribution >= 0.6 is 0 Å². The summed E-state index contributed by atoms with van der Waals surface area (Å²) in [6, 6.07) is 12.3. The molecule has 2 heterocycles. The summed E-state index contributed by atoms with van der Waals surface area (Å²) in [5.74, 6) is 0.303. The maximum Gasteiger partial charge on any atom is 0.340 e. The number of hydrogen-bond donors (Lipinski definition) is 0. The quantitative estimate of drug-likeness (QED) is 0.499. The second kappa shape index (κ2) is 7.72. The number of ether oxygens (including phenoxy) is 2. The van der Waals surface area contributed by atoms with Gasteiger partial charge in [0.05, 0.1) is 19.1 Å². The van der Waals surface area contributed by atoms with E-state index in [1.807, 2.05) is 38.1 Å². The third-order valence-corrected chi connectivity index (χ3v) is 5.42. The highest BCUT2D eigenvalue weighted by Crippen LogP contribution is 2.36. The molecule has 29 heavy (non-hydrogen) atoms. The minimum Gasteiger partial charge on any atom is -0.477 e. The van der Waals surface area contributed by atoms with Gasteiger partial charge < -0.3 is 13.9 Å². The Labute approximate surface area is 168 Å². The molecular formula is C23H23NO5. The van der Waals surface area contributed by atoms with E-state index in [-0.39, 0.29) is 6.42 Å². The Bertz CT molecular complexity index is 1130. The van der Waals surface area contributed by atoms with E-state index in [9.17, 15) is 9.59 Å². The van der Waals surface area contributed by atoms with Crippen LogP contribution in [0.5, 0.6) is 5.75 Å². The zero-order valence-corrected chi connectivity index (χ0v) is 16.8. The van der Waals surface area contributed by atoms with Crippen LogP contribution in [0.15, 0.2) is 45.6 Å². The van der Waals surface area contributed by atoms with E-state index >= 15 is 0 Å². The fraction of sp³-hybridized carbons (Fsp3) is 0.304. The number of benzene rings is 2. The Kier molecular flexibility index (Phi) is 5.11. The predicted octanol–water partition coefficient (Wildman–Crippen LogP) is 3.48. The lowest BCUT2D eigenvalue weighted by Gasteiger charge is -2.30. The Morgan fingerprint density at radius 3 is 2.66 bits per heavy atom. The molecule has 0 radical (unpaired) electrons. The van der Waals surface area contributed by atoms with Crippen molar-refractivity contribution in [3.05, 3.63) is 74.6 Å². The lowest BCUT2D eigenvalue weighted by atomic mass is 9.97. The molecule has 0 N–H and O–H groups in total. The van der Waals surface area contributed by atoms with Gasteiger partial charge in [0.2, 0.25) is 0 Å². The van der Waals surface area contributed by atoms with E-state index in [1.54, 1.807) is 0 Å². The van der Waals surface area contributed by atoms with Crippen molar-refractivity contribution in [1.29, 1.82) is 0 Å². The van der Waals surface area contributed by atoms with Crippen LogP contribution in [0, 0.1) is 13.8 Å². The van der Waals surface area contributed by atoms with Crippen molar-refractivity contribution in [2.75, 3.05) is 13.8 Å². The van der Waals surface area contributed by atoms with Crippen LogP contribution in [0.1, 0.15) is 27.8 Å². The van der Waals surface area contributed by atoms with Crippen LogP contribution in [-0.4, -0.2) is 24.7 Å². The van der Waals surface area contributed by atoms with Gasteiger partial charge in [-0.2, -0.15) is 0 Å². The molecule has 0 bridgehead atoms. The smallest absolute Gasteiger partial charge is 0.340 e. The number of fused-ring (bicyclic) bond motifs is 2. The standard InChI is InChI=1S/C23H23NO5/c1-14-18-9-17-12-24(11-16-7-5-4-6-8-16)13-28-21(17)15(2)22(18)29-23(26)19(14)10-20(25)27-3/h4-9H,10-13H2,1-3H3. The van der Waals surface area contributed by atoms with Crippen molar-refractivity contribution in [3.63, 3.8) is 0 Å². The number of methoxy groups -OCH3 is 1. The topological polar surface area (TPSA) is 69.0 Å². The number of carbonyl (C=O) groups excluding carboxylic acids is 1. The highest BCUT2D eigenvalue weighted by atomic mass is 16.5. The van der Waals surface area contributed by atoms with Gasteiger partial charge in [0.15, 0.2) is 0 Å². The lowest BCUT2D eigenvalue weighted by molar-refractivity contribution is -0.139. The average Bonchev–Trinajstić information content (AvgIpc) is 2.72. The summed E-state index contributed by atoms with van der Waals surface area (Å²) >= 11 is 0. The normalized spacial score (nSPS) is 13.8. The monoisotopic (exact) mass is 393 g/mol. The molecular weight excluding hydrogens is 370 g/mol. The number of nitrogens with zero attached hydrogens (tertiary/aromatic N) is 1. The Balaban J connectivity index is 1.74. The number of aryl methyl sites for hydroxylation is 2. The van der Waals surface area contributed by atoms with Gasteiger partial charge >= 0.3 is 11.6 Å². The molecule has 0 saturated carbocycles. The van der Waals surface area contributed by atoms with Gasteiger partial charge in [-0.3, -0.25) is 9.69 Å². The highest BCUT2D eigenvalue weighted by Gasteiger charge is 2.24. The summed E-state index contributed by atoms with van der Waals surface area (Å²) in [6.45, 7) is 5.72. The third-order valence-electron chi connectivity index (χ3n) is 5.42. The predicted molar refractivity (Wildman–Crippen MR) is 109 cm³/mol. The van der Waals surface area contributed by atoms with Gasteiger partial charge in [-0.25, -0.2) is 4.79 Å². The van der Waals surface area contributed by atoms with Gasteiger partial charge in [0.1, 0.15) is 18.1 Å². The molecule has 150 valence electrons. The number of rotatable bonds is 4. The zero-order chi connectivity index (χ0) is 20.5.